The summed E-state index contributed by atoms with van der Waals surface area (Å²) >= 11 is 0. The highest BCUT2D eigenvalue weighted by Crippen LogP contribution is 2.17. The Labute approximate surface area is 92.4 Å². The molecule has 1 aromatic rings. The number of nitrogens with two attached hydrogens (primary N) is 1. The Bertz CT molecular complexity index is 282. The minimum atomic E-state index is 0.332. The van der Waals surface area contributed by atoms with Gasteiger partial charge in [-0.1, -0.05) is 26.0 Å². The van der Waals surface area contributed by atoms with Gasteiger partial charge < -0.3 is 10.5 Å². The van der Waals surface area contributed by atoms with Gasteiger partial charge in [-0.25, -0.2) is 0 Å². The van der Waals surface area contributed by atoms with Crippen LogP contribution < -0.4 is 10.5 Å². The summed E-state index contributed by atoms with van der Waals surface area (Å²) in [4.78, 5) is 0. The van der Waals surface area contributed by atoms with E-state index >= 15 is 0 Å². The van der Waals surface area contributed by atoms with Crippen LogP contribution in [-0.2, 0) is 6.42 Å². The second-order valence-electron chi connectivity index (χ2n) is 3.74. The van der Waals surface area contributed by atoms with Gasteiger partial charge in [0.25, 0.3) is 0 Å². The van der Waals surface area contributed by atoms with Crippen LogP contribution in [0.3, 0.4) is 0 Å². The molecule has 0 bridgehead atoms. The normalized spacial score (nSPS) is 10.7. The van der Waals surface area contributed by atoms with E-state index in [0.717, 1.165) is 25.0 Å². The number of hydrogen-bond acceptors (Lipinski definition) is 2. The molecule has 0 aliphatic heterocycles. The van der Waals surface area contributed by atoms with Crippen LogP contribution >= 0.6 is 0 Å². The van der Waals surface area contributed by atoms with Crippen molar-refractivity contribution in [2.24, 2.45) is 5.73 Å². The van der Waals surface area contributed by atoms with Crippen molar-refractivity contribution in [2.75, 3.05) is 6.54 Å². The molecule has 2 heteroatoms. The minimum absolute atomic E-state index is 0.332. The maximum absolute atomic E-state index is 5.86. The lowest BCUT2D eigenvalue weighted by Gasteiger charge is -2.16. The zero-order chi connectivity index (χ0) is 11.1. The number of hydrogen-bond donors (Lipinski definition) is 1. The molecule has 84 valence electrons. The van der Waals surface area contributed by atoms with Gasteiger partial charge in [0, 0.05) is 0 Å². The lowest BCUT2D eigenvalue weighted by molar-refractivity contribution is 0.192. The summed E-state index contributed by atoms with van der Waals surface area (Å²) in [5.74, 6) is 0.967. The monoisotopic (exact) mass is 207 g/mol. The fourth-order valence-corrected chi connectivity index (χ4v) is 1.59. The van der Waals surface area contributed by atoms with Crippen molar-refractivity contribution in [1.82, 2.24) is 0 Å². The van der Waals surface area contributed by atoms with Crippen molar-refractivity contribution >= 4 is 0 Å². The molecule has 0 spiro atoms. The van der Waals surface area contributed by atoms with E-state index in [4.69, 9.17) is 10.5 Å². The van der Waals surface area contributed by atoms with Crippen LogP contribution in [0.4, 0.5) is 0 Å². The molecule has 0 saturated heterocycles. The Hall–Kier alpha value is -1.02. The fraction of sp³-hybridized carbons (Fsp3) is 0.538. The average molecular weight is 207 g/mol. The standard InChI is InChI=1S/C13H21NO/c1-3-12(4-2)15-13-7-5-6-11(10-13)8-9-14/h5-7,10,12H,3-4,8-9,14H2,1-2H3. The Morgan fingerprint density at radius 3 is 2.60 bits per heavy atom. The summed E-state index contributed by atoms with van der Waals surface area (Å²) in [7, 11) is 0. The van der Waals surface area contributed by atoms with Crippen LogP contribution in [0.5, 0.6) is 5.75 Å². The zero-order valence-corrected chi connectivity index (χ0v) is 9.70. The first kappa shape index (κ1) is 12.1. The molecule has 2 nitrogen and oxygen atoms in total. The Balaban J connectivity index is 2.64. The number of ether oxygens (including phenoxy) is 1. The maximum Gasteiger partial charge on any atom is 0.119 e. The summed E-state index contributed by atoms with van der Waals surface area (Å²) < 4.78 is 5.86. The molecule has 0 unspecified atom stereocenters. The third kappa shape index (κ3) is 3.92. The molecule has 0 heterocycles. The van der Waals surface area contributed by atoms with E-state index in [0.29, 0.717) is 12.6 Å². The first-order valence-electron chi connectivity index (χ1n) is 5.75. The Morgan fingerprint density at radius 2 is 2.00 bits per heavy atom. The van der Waals surface area contributed by atoms with Gasteiger partial charge in [0.15, 0.2) is 0 Å². The fourth-order valence-electron chi connectivity index (χ4n) is 1.59. The van der Waals surface area contributed by atoms with Gasteiger partial charge in [-0.05, 0) is 43.5 Å². The van der Waals surface area contributed by atoms with Crippen LogP contribution in [0.2, 0.25) is 0 Å². The third-order valence-corrected chi connectivity index (χ3v) is 2.54. The van der Waals surface area contributed by atoms with Gasteiger partial charge in [-0.3, -0.25) is 0 Å². The second-order valence-corrected chi connectivity index (χ2v) is 3.74. The highest BCUT2D eigenvalue weighted by Gasteiger charge is 2.05. The zero-order valence-electron chi connectivity index (χ0n) is 9.70. The number of rotatable bonds is 6. The van der Waals surface area contributed by atoms with Crippen LogP contribution in [-0.4, -0.2) is 12.6 Å². The van der Waals surface area contributed by atoms with Crippen molar-refractivity contribution in [3.63, 3.8) is 0 Å². The molecular weight excluding hydrogens is 186 g/mol. The molecule has 15 heavy (non-hydrogen) atoms. The first-order chi connectivity index (χ1) is 7.30. The summed E-state index contributed by atoms with van der Waals surface area (Å²) in [5, 5.41) is 0. The Kier molecular flexibility index (Phi) is 5.19. The molecule has 2 N–H and O–H groups in total. The van der Waals surface area contributed by atoms with Gasteiger partial charge in [0.05, 0.1) is 6.10 Å². The maximum atomic E-state index is 5.86. The van der Waals surface area contributed by atoms with Gasteiger partial charge >= 0.3 is 0 Å². The number of benzene rings is 1. The van der Waals surface area contributed by atoms with E-state index < -0.39 is 0 Å². The van der Waals surface area contributed by atoms with Crippen molar-refractivity contribution in [1.29, 1.82) is 0 Å². The molecule has 1 aromatic carbocycles. The summed E-state index contributed by atoms with van der Waals surface area (Å²) in [6, 6.07) is 8.22. The smallest absolute Gasteiger partial charge is 0.119 e. The predicted octanol–water partition coefficient (Wildman–Crippen LogP) is 2.76. The van der Waals surface area contributed by atoms with Gasteiger partial charge in [0.2, 0.25) is 0 Å². The van der Waals surface area contributed by atoms with E-state index in [1.165, 1.54) is 5.56 Å². The summed E-state index contributed by atoms with van der Waals surface area (Å²) in [6.07, 6.45) is 3.35. The van der Waals surface area contributed by atoms with Crippen LogP contribution in [0, 0.1) is 0 Å². The molecule has 0 radical (unpaired) electrons. The quantitative estimate of drug-likeness (QED) is 0.778. The predicted molar refractivity (Wildman–Crippen MR) is 64.2 cm³/mol. The first-order valence-corrected chi connectivity index (χ1v) is 5.75. The molecule has 1 rings (SSSR count). The van der Waals surface area contributed by atoms with E-state index in [1.54, 1.807) is 0 Å². The van der Waals surface area contributed by atoms with Crippen LogP contribution in [0.1, 0.15) is 32.3 Å². The minimum Gasteiger partial charge on any atom is -0.490 e. The molecule has 0 aromatic heterocycles. The highest BCUT2D eigenvalue weighted by molar-refractivity contribution is 5.28. The van der Waals surface area contributed by atoms with Crippen molar-refractivity contribution < 1.29 is 4.74 Å². The largest absolute Gasteiger partial charge is 0.490 e. The summed E-state index contributed by atoms with van der Waals surface area (Å²) in [6.45, 7) is 4.99. The topological polar surface area (TPSA) is 35.2 Å². The van der Waals surface area contributed by atoms with E-state index in [-0.39, 0.29) is 0 Å². The third-order valence-electron chi connectivity index (χ3n) is 2.54. The molecule has 0 saturated carbocycles. The molecular formula is C13H21NO. The average Bonchev–Trinajstić information content (AvgIpc) is 2.27. The van der Waals surface area contributed by atoms with Crippen LogP contribution in [0.25, 0.3) is 0 Å². The van der Waals surface area contributed by atoms with Gasteiger partial charge in [0.1, 0.15) is 5.75 Å². The van der Waals surface area contributed by atoms with Gasteiger partial charge in [-0.15, -0.1) is 0 Å². The van der Waals surface area contributed by atoms with E-state index in [9.17, 15) is 0 Å². The van der Waals surface area contributed by atoms with Crippen LogP contribution in [0.15, 0.2) is 24.3 Å². The Morgan fingerprint density at radius 1 is 1.27 bits per heavy atom. The van der Waals surface area contributed by atoms with Crippen molar-refractivity contribution in [3.8, 4) is 5.75 Å². The van der Waals surface area contributed by atoms with Gasteiger partial charge in [-0.2, -0.15) is 0 Å². The lowest BCUT2D eigenvalue weighted by Crippen LogP contribution is -2.13. The SMILES string of the molecule is CCC(CC)Oc1cccc(CCN)c1. The molecule has 0 atom stereocenters. The molecule has 0 amide bonds. The second kappa shape index (κ2) is 6.46. The van der Waals surface area contributed by atoms with E-state index in [1.807, 2.05) is 12.1 Å². The molecule has 0 aliphatic rings. The highest BCUT2D eigenvalue weighted by atomic mass is 16.5. The molecule has 0 fully saturated rings. The molecule has 0 aliphatic carbocycles. The van der Waals surface area contributed by atoms with Crippen molar-refractivity contribution in [2.45, 2.75) is 39.2 Å². The van der Waals surface area contributed by atoms with Crippen molar-refractivity contribution in [3.05, 3.63) is 29.8 Å². The lowest BCUT2D eigenvalue weighted by atomic mass is 10.1. The van der Waals surface area contributed by atoms with E-state index in [2.05, 4.69) is 26.0 Å². The summed E-state index contributed by atoms with van der Waals surface area (Å²) in [5.41, 5.74) is 6.77.